The van der Waals surface area contributed by atoms with E-state index >= 15 is 0 Å². The molecule has 1 heterocycles. The number of aromatic amines is 1. The Labute approximate surface area is 147 Å². The molecule has 0 spiro atoms. The molecule has 0 radical (unpaired) electrons. The minimum atomic E-state index is -0.825. The Bertz CT molecular complexity index is 1030. The molecule has 132 valence electrons. The first-order valence-corrected chi connectivity index (χ1v) is 7.84. The Morgan fingerprint density at radius 2 is 1.81 bits per heavy atom. The minimum Gasteiger partial charge on any atom is -0.451 e. The number of carbonyl (C=O) groups excluding carboxylic acids is 2. The maximum Gasteiger partial charge on any atom is 0.355 e. The fraction of sp³-hybridized carbons (Fsp3) is 0.105. The SMILES string of the molecule is O=C(COC(=O)c1cc2ccccc2c(=O)[nH]1)NCc1ccccc1F. The average molecular weight is 354 g/mol. The van der Waals surface area contributed by atoms with Crippen LogP contribution in [-0.4, -0.2) is 23.5 Å². The molecule has 26 heavy (non-hydrogen) atoms. The highest BCUT2D eigenvalue weighted by atomic mass is 19.1. The Morgan fingerprint density at radius 1 is 1.08 bits per heavy atom. The smallest absolute Gasteiger partial charge is 0.355 e. The van der Waals surface area contributed by atoms with Gasteiger partial charge in [0.25, 0.3) is 11.5 Å². The van der Waals surface area contributed by atoms with Crippen molar-refractivity contribution in [3.63, 3.8) is 0 Å². The monoisotopic (exact) mass is 354 g/mol. The van der Waals surface area contributed by atoms with Crippen LogP contribution in [0.5, 0.6) is 0 Å². The highest BCUT2D eigenvalue weighted by Gasteiger charge is 2.13. The maximum atomic E-state index is 13.5. The first-order valence-electron chi connectivity index (χ1n) is 7.84. The van der Waals surface area contributed by atoms with Crippen LogP contribution in [0.1, 0.15) is 16.1 Å². The van der Waals surface area contributed by atoms with Gasteiger partial charge in [-0.15, -0.1) is 0 Å². The molecule has 0 fully saturated rings. The normalized spacial score (nSPS) is 10.5. The fourth-order valence-electron chi connectivity index (χ4n) is 2.42. The summed E-state index contributed by atoms with van der Waals surface area (Å²) in [6, 6.07) is 14.3. The summed E-state index contributed by atoms with van der Waals surface area (Å²) in [7, 11) is 0. The number of hydrogen-bond donors (Lipinski definition) is 2. The molecule has 0 saturated heterocycles. The second-order valence-electron chi connectivity index (χ2n) is 5.54. The first kappa shape index (κ1) is 17.3. The molecule has 6 nitrogen and oxygen atoms in total. The number of benzene rings is 2. The molecule has 0 aliphatic heterocycles. The van der Waals surface area contributed by atoms with Crippen molar-refractivity contribution in [3.05, 3.63) is 82.0 Å². The molecule has 7 heteroatoms. The van der Waals surface area contributed by atoms with Crippen LogP contribution >= 0.6 is 0 Å². The van der Waals surface area contributed by atoms with Gasteiger partial charge in [-0.3, -0.25) is 9.59 Å². The van der Waals surface area contributed by atoms with Gasteiger partial charge in [0.15, 0.2) is 6.61 Å². The zero-order chi connectivity index (χ0) is 18.5. The molecule has 3 rings (SSSR count). The van der Waals surface area contributed by atoms with Gasteiger partial charge >= 0.3 is 5.97 Å². The van der Waals surface area contributed by atoms with Gasteiger partial charge in [0.2, 0.25) is 0 Å². The Morgan fingerprint density at radius 3 is 2.62 bits per heavy atom. The van der Waals surface area contributed by atoms with Crippen molar-refractivity contribution in [1.29, 1.82) is 0 Å². The van der Waals surface area contributed by atoms with E-state index in [9.17, 15) is 18.8 Å². The average Bonchev–Trinajstić information content (AvgIpc) is 2.65. The van der Waals surface area contributed by atoms with E-state index in [0.717, 1.165) is 0 Å². The molecule has 0 aliphatic carbocycles. The largest absolute Gasteiger partial charge is 0.451 e. The van der Waals surface area contributed by atoms with E-state index < -0.39 is 29.9 Å². The molecule has 1 amide bonds. The summed E-state index contributed by atoms with van der Waals surface area (Å²) in [5.74, 6) is -1.84. The van der Waals surface area contributed by atoms with Crippen molar-refractivity contribution >= 4 is 22.6 Å². The molecule has 1 aromatic heterocycles. The summed E-state index contributed by atoms with van der Waals surface area (Å²) >= 11 is 0. The second-order valence-corrected chi connectivity index (χ2v) is 5.54. The number of amides is 1. The third-order valence-corrected chi connectivity index (χ3v) is 3.74. The van der Waals surface area contributed by atoms with Crippen LogP contribution in [0, 0.1) is 5.82 Å². The number of carbonyl (C=O) groups is 2. The van der Waals surface area contributed by atoms with Crippen molar-refractivity contribution < 1.29 is 18.7 Å². The van der Waals surface area contributed by atoms with Gasteiger partial charge < -0.3 is 15.0 Å². The summed E-state index contributed by atoms with van der Waals surface area (Å²) in [6.45, 7) is -0.558. The molecule has 2 N–H and O–H groups in total. The predicted molar refractivity (Wildman–Crippen MR) is 93.1 cm³/mol. The highest BCUT2D eigenvalue weighted by Crippen LogP contribution is 2.10. The minimum absolute atomic E-state index is 0.0180. The maximum absolute atomic E-state index is 13.5. The van der Waals surface area contributed by atoms with E-state index in [1.165, 1.54) is 12.1 Å². The van der Waals surface area contributed by atoms with Crippen molar-refractivity contribution in [1.82, 2.24) is 10.3 Å². The zero-order valence-electron chi connectivity index (χ0n) is 13.6. The number of halogens is 1. The van der Waals surface area contributed by atoms with Gasteiger partial charge in [0, 0.05) is 17.5 Å². The van der Waals surface area contributed by atoms with Gasteiger partial charge in [0.1, 0.15) is 11.5 Å². The molecule has 0 unspecified atom stereocenters. The molecule has 0 atom stereocenters. The molecule has 0 aliphatic rings. The van der Waals surface area contributed by atoms with E-state index in [4.69, 9.17) is 4.74 Å². The van der Waals surface area contributed by atoms with Crippen LogP contribution < -0.4 is 10.9 Å². The third-order valence-electron chi connectivity index (χ3n) is 3.74. The van der Waals surface area contributed by atoms with Crippen molar-refractivity contribution in [3.8, 4) is 0 Å². The van der Waals surface area contributed by atoms with E-state index in [1.807, 2.05) is 0 Å². The summed E-state index contributed by atoms with van der Waals surface area (Å²) in [4.78, 5) is 38.2. The van der Waals surface area contributed by atoms with Gasteiger partial charge in [-0.25, -0.2) is 9.18 Å². The van der Waals surface area contributed by atoms with Crippen molar-refractivity contribution in [2.45, 2.75) is 6.54 Å². The Balaban J connectivity index is 1.59. The Hall–Kier alpha value is -3.48. The standard InChI is InChI=1S/C19H15FN2O4/c20-15-8-4-2-6-13(15)10-21-17(23)11-26-19(25)16-9-12-5-1-3-7-14(12)18(24)22-16/h1-9H,10-11H2,(H,21,23)(H,22,24). The molecule has 2 aromatic carbocycles. The number of aromatic nitrogens is 1. The van der Waals surface area contributed by atoms with Crippen LogP contribution in [0.3, 0.4) is 0 Å². The van der Waals surface area contributed by atoms with E-state index in [2.05, 4.69) is 10.3 Å². The van der Waals surface area contributed by atoms with Gasteiger partial charge in [0.05, 0.1) is 0 Å². The number of H-pyrrole nitrogens is 1. The second kappa shape index (κ2) is 7.60. The van der Waals surface area contributed by atoms with Crippen molar-refractivity contribution in [2.75, 3.05) is 6.61 Å². The van der Waals surface area contributed by atoms with Crippen molar-refractivity contribution in [2.24, 2.45) is 0 Å². The molecular weight excluding hydrogens is 339 g/mol. The quantitative estimate of drug-likeness (QED) is 0.687. The van der Waals surface area contributed by atoms with Gasteiger partial charge in [-0.2, -0.15) is 0 Å². The molecule has 0 bridgehead atoms. The fourth-order valence-corrected chi connectivity index (χ4v) is 2.42. The third kappa shape index (κ3) is 3.94. The molecule has 0 saturated carbocycles. The first-order chi connectivity index (χ1) is 12.5. The van der Waals surface area contributed by atoms with Crippen LogP contribution in [0.15, 0.2) is 59.4 Å². The lowest BCUT2D eigenvalue weighted by Crippen LogP contribution is -2.29. The summed E-state index contributed by atoms with van der Waals surface area (Å²) in [5, 5.41) is 3.50. The summed E-state index contributed by atoms with van der Waals surface area (Å²) in [6.07, 6.45) is 0. The number of nitrogens with one attached hydrogen (secondary N) is 2. The van der Waals surface area contributed by atoms with E-state index in [-0.39, 0.29) is 12.2 Å². The van der Waals surface area contributed by atoms with Crippen LogP contribution in [-0.2, 0) is 16.1 Å². The topological polar surface area (TPSA) is 88.3 Å². The Kier molecular flexibility index (Phi) is 5.07. The number of pyridine rings is 1. The van der Waals surface area contributed by atoms with Crippen LogP contribution in [0.2, 0.25) is 0 Å². The number of fused-ring (bicyclic) bond motifs is 1. The number of hydrogen-bond acceptors (Lipinski definition) is 4. The summed E-state index contributed by atoms with van der Waals surface area (Å²) < 4.78 is 18.4. The van der Waals surface area contributed by atoms with E-state index in [0.29, 0.717) is 16.3 Å². The molecule has 3 aromatic rings. The lowest BCUT2D eigenvalue weighted by atomic mass is 10.1. The zero-order valence-corrected chi connectivity index (χ0v) is 13.6. The number of esters is 1. The number of rotatable bonds is 5. The lowest BCUT2D eigenvalue weighted by Gasteiger charge is -2.08. The summed E-state index contributed by atoms with van der Waals surface area (Å²) in [5.41, 5.74) is -0.138. The van der Waals surface area contributed by atoms with Crippen LogP contribution in [0.4, 0.5) is 4.39 Å². The predicted octanol–water partition coefficient (Wildman–Crippen LogP) is 2.14. The van der Waals surface area contributed by atoms with Gasteiger partial charge in [-0.1, -0.05) is 36.4 Å². The lowest BCUT2D eigenvalue weighted by molar-refractivity contribution is -0.124. The van der Waals surface area contributed by atoms with E-state index in [1.54, 1.807) is 42.5 Å². The van der Waals surface area contributed by atoms with Crippen LogP contribution in [0.25, 0.3) is 10.8 Å². The molecular formula is C19H15FN2O4. The number of ether oxygens (including phenoxy) is 1. The highest BCUT2D eigenvalue weighted by molar-refractivity contribution is 5.94. The van der Waals surface area contributed by atoms with Gasteiger partial charge in [-0.05, 0) is 23.6 Å².